The zero-order valence-corrected chi connectivity index (χ0v) is 11.7. The molecule has 3 rings (SSSR count). The smallest absolute Gasteiger partial charge is 0.0695 e. The van der Waals surface area contributed by atoms with Gasteiger partial charge in [-0.25, -0.2) is 0 Å². The second-order valence-corrected chi connectivity index (χ2v) is 6.76. The summed E-state index contributed by atoms with van der Waals surface area (Å²) in [6.45, 7) is 1.25. The largest absolute Gasteiger partial charge is 0.391 e. The van der Waals surface area contributed by atoms with Gasteiger partial charge < -0.3 is 5.11 Å². The van der Waals surface area contributed by atoms with Crippen LogP contribution in [0.1, 0.15) is 70.6 Å². The Balaban J connectivity index is 1.71. The van der Waals surface area contributed by atoms with E-state index in [1.165, 1.54) is 70.8 Å². The van der Waals surface area contributed by atoms with Gasteiger partial charge in [-0.3, -0.25) is 4.90 Å². The second kappa shape index (κ2) is 5.92. The Bertz CT molecular complexity index is 266. The third-order valence-corrected chi connectivity index (χ3v) is 5.66. The molecule has 0 spiro atoms. The summed E-state index contributed by atoms with van der Waals surface area (Å²) in [5, 5.41) is 10.4. The van der Waals surface area contributed by atoms with Gasteiger partial charge in [-0.1, -0.05) is 32.1 Å². The summed E-state index contributed by atoms with van der Waals surface area (Å²) >= 11 is 0. The van der Waals surface area contributed by atoms with Crippen LogP contribution in [0.3, 0.4) is 0 Å². The molecule has 3 fully saturated rings. The Hall–Kier alpha value is -0.0800. The maximum absolute atomic E-state index is 10.4. The molecule has 2 saturated carbocycles. The summed E-state index contributed by atoms with van der Waals surface area (Å²) in [5.74, 6) is 0.947. The molecule has 18 heavy (non-hydrogen) atoms. The SMILES string of the molecule is OC1CCCCCC1N1CCC[C@H]2CCCC[C@H]21. The van der Waals surface area contributed by atoms with Gasteiger partial charge in [0.2, 0.25) is 0 Å². The van der Waals surface area contributed by atoms with Crippen molar-refractivity contribution in [2.45, 2.75) is 88.8 Å². The highest BCUT2D eigenvalue weighted by molar-refractivity contribution is 4.93. The highest BCUT2D eigenvalue weighted by Gasteiger charge is 2.38. The van der Waals surface area contributed by atoms with Gasteiger partial charge in [0.15, 0.2) is 0 Å². The maximum Gasteiger partial charge on any atom is 0.0695 e. The molecule has 0 aromatic rings. The fourth-order valence-corrected chi connectivity index (χ4v) is 4.73. The van der Waals surface area contributed by atoms with E-state index in [0.717, 1.165) is 18.4 Å². The van der Waals surface area contributed by atoms with E-state index >= 15 is 0 Å². The zero-order chi connectivity index (χ0) is 12.4. The fourth-order valence-electron chi connectivity index (χ4n) is 4.73. The molecule has 104 valence electrons. The first kappa shape index (κ1) is 12.9. The van der Waals surface area contributed by atoms with Gasteiger partial charge in [0.1, 0.15) is 0 Å². The van der Waals surface area contributed by atoms with Crippen LogP contribution in [0.4, 0.5) is 0 Å². The Labute approximate surface area is 112 Å². The quantitative estimate of drug-likeness (QED) is 0.723. The van der Waals surface area contributed by atoms with Crippen LogP contribution in [-0.4, -0.2) is 34.7 Å². The van der Waals surface area contributed by atoms with Crippen molar-refractivity contribution in [1.82, 2.24) is 4.90 Å². The van der Waals surface area contributed by atoms with Crippen molar-refractivity contribution in [3.8, 4) is 0 Å². The van der Waals surface area contributed by atoms with Crippen LogP contribution in [0.5, 0.6) is 0 Å². The normalized spacial score (nSPS) is 43.2. The summed E-state index contributed by atoms with van der Waals surface area (Å²) in [4.78, 5) is 2.74. The van der Waals surface area contributed by atoms with Crippen LogP contribution in [0.2, 0.25) is 0 Å². The number of aliphatic hydroxyl groups excluding tert-OH is 1. The molecule has 1 N–H and O–H groups in total. The Morgan fingerprint density at radius 3 is 2.28 bits per heavy atom. The van der Waals surface area contributed by atoms with Gasteiger partial charge in [-0.15, -0.1) is 0 Å². The number of hydrogen-bond donors (Lipinski definition) is 1. The van der Waals surface area contributed by atoms with Crippen LogP contribution in [-0.2, 0) is 0 Å². The summed E-state index contributed by atoms with van der Waals surface area (Å²) in [5.41, 5.74) is 0. The van der Waals surface area contributed by atoms with Crippen LogP contribution in [0, 0.1) is 5.92 Å². The number of fused-ring (bicyclic) bond motifs is 1. The lowest BCUT2D eigenvalue weighted by molar-refractivity contribution is -0.0294. The van der Waals surface area contributed by atoms with Crippen molar-refractivity contribution in [3.05, 3.63) is 0 Å². The lowest BCUT2D eigenvalue weighted by Gasteiger charge is -2.48. The Morgan fingerprint density at radius 1 is 0.667 bits per heavy atom. The molecule has 1 aliphatic heterocycles. The van der Waals surface area contributed by atoms with E-state index in [9.17, 15) is 5.11 Å². The fraction of sp³-hybridized carbons (Fsp3) is 1.00. The molecule has 0 amide bonds. The number of nitrogens with zero attached hydrogens (tertiary/aromatic N) is 1. The van der Waals surface area contributed by atoms with E-state index < -0.39 is 0 Å². The van der Waals surface area contributed by atoms with Gasteiger partial charge in [-0.05, 0) is 51.0 Å². The number of rotatable bonds is 1. The second-order valence-electron chi connectivity index (χ2n) is 6.76. The first-order chi connectivity index (χ1) is 8.86. The molecule has 4 atom stereocenters. The lowest BCUT2D eigenvalue weighted by atomic mass is 9.77. The third kappa shape index (κ3) is 2.60. The minimum atomic E-state index is -0.0480. The Kier molecular flexibility index (Phi) is 4.25. The molecule has 0 aromatic heterocycles. The summed E-state index contributed by atoms with van der Waals surface area (Å²) < 4.78 is 0. The first-order valence-electron chi connectivity index (χ1n) is 8.30. The topological polar surface area (TPSA) is 23.5 Å². The van der Waals surface area contributed by atoms with E-state index in [4.69, 9.17) is 0 Å². The molecule has 3 aliphatic rings. The number of piperidine rings is 1. The number of aliphatic hydroxyl groups is 1. The third-order valence-electron chi connectivity index (χ3n) is 5.66. The highest BCUT2D eigenvalue weighted by Crippen LogP contribution is 2.38. The molecule has 2 unspecified atom stereocenters. The lowest BCUT2D eigenvalue weighted by Crippen LogP contribution is -2.54. The van der Waals surface area contributed by atoms with Crippen molar-refractivity contribution in [2.75, 3.05) is 6.54 Å². The molecule has 2 aliphatic carbocycles. The molecular formula is C16H29NO. The average molecular weight is 251 g/mol. The van der Waals surface area contributed by atoms with Crippen molar-refractivity contribution < 1.29 is 5.11 Å². The summed E-state index contributed by atoms with van der Waals surface area (Å²) in [6.07, 6.45) is 14.6. The highest BCUT2D eigenvalue weighted by atomic mass is 16.3. The van der Waals surface area contributed by atoms with Gasteiger partial charge in [-0.2, -0.15) is 0 Å². The molecule has 2 nitrogen and oxygen atoms in total. The predicted molar refractivity (Wildman–Crippen MR) is 74.6 cm³/mol. The Morgan fingerprint density at radius 2 is 1.33 bits per heavy atom. The standard InChI is InChI=1S/C16H29NO/c18-16-11-3-1-2-10-15(16)17-12-6-8-13-7-4-5-9-14(13)17/h13-16,18H,1-12H2/t13-,14-,15?,16?/m1/s1. The van der Waals surface area contributed by atoms with Crippen LogP contribution in [0.15, 0.2) is 0 Å². The number of likely N-dealkylation sites (tertiary alicyclic amines) is 1. The maximum atomic E-state index is 10.4. The average Bonchev–Trinajstić information content (AvgIpc) is 2.63. The van der Waals surface area contributed by atoms with Crippen molar-refractivity contribution in [2.24, 2.45) is 5.92 Å². The molecule has 1 saturated heterocycles. The molecule has 0 bridgehead atoms. The van der Waals surface area contributed by atoms with Gasteiger partial charge in [0.25, 0.3) is 0 Å². The monoisotopic (exact) mass is 251 g/mol. The molecule has 0 radical (unpaired) electrons. The van der Waals surface area contributed by atoms with Crippen LogP contribution < -0.4 is 0 Å². The van der Waals surface area contributed by atoms with Crippen LogP contribution >= 0.6 is 0 Å². The predicted octanol–water partition coefficient (Wildman–Crippen LogP) is 3.33. The van der Waals surface area contributed by atoms with Gasteiger partial charge >= 0.3 is 0 Å². The minimum absolute atomic E-state index is 0.0480. The first-order valence-corrected chi connectivity index (χ1v) is 8.30. The van der Waals surface area contributed by atoms with Gasteiger partial charge in [0.05, 0.1) is 6.10 Å². The van der Waals surface area contributed by atoms with E-state index in [1.807, 2.05) is 0 Å². The van der Waals surface area contributed by atoms with E-state index in [0.29, 0.717) is 6.04 Å². The van der Waals surface area contributed by atoms with E-state index in [2.05, 4.69) is 4.90 Å². The molecule has 2 heteroatoms. The number of hydrogen-bond acceptors (Lipinski definition) is 2. The van der Waals surface area contributed by atoms with E-state index in [-0.39, 0.29) is 6.10 Å². The van der Waals surface area contributed by atoms with Crippen molar-refractivity contribution in [1.29, 1.82) is 0 Å². The molecule has 1 heterocycles. The summed E-state index contributed by atoms with van der Waals surface area (Å²) in [7, 11) is 0. The van der Waals surface area contributed by atoms with Gasteiger partial charge in [0, 0.05) is 12.1 Å². The molecule has 0 aromatic carbocycles. The summed E-state index contributed by atoms with van der Waals surface area (Å²) in [6, 6.07) is 1.30. The van der Waals surface area contributed by atoms with E-state index in [1.54, 1.807) is 0 Å². The zero-order valence-electron chi connectivity index (χ0n) is 11.7. The van der Waals surface area contributed by atoms with Crippen LogP contribution in [0.25, 0.3) is 0 Å². The van der Waals surface area contributed by atoms with Crippen molar-refractivity contribution >= 4 is 0 Å². The minimum Gasteiger partial charge on any atom is -0.391 e. The molecular weight excluding hydrogens is 222 g/mol. The van der Waals surface area contributed by atoms with Crippen molar-refractivity contribution in [3.63, 3.8) is 0 Å².